The van der Waals surface area contributed by atoms with Crippen molar-refractivity contribution in [3.05, 3.63) is 28.7 Å². The van der Waals surface area contributed by atoms with Crippen LogP contribution in [0.25, 0.3) is 0 Å². The lowest BCUT2D eigenvalue weighted by Gasteiger charge is -2.19. The molecule has 0 bridgehead atoms. The van der Waals surface area contributed by atoms with Gasteiger partial charge in [0.25, 0.3) is 5.91 Å². The number of aromatic nitrogens is 1. The third-order valence-electron chi connectivity index (χ3n) is 1.78. The van der Waals surface area contributed by atoms with Gasteiger partial charge in [-0.05, 0) is 13.8 Å². The Bertz CT molecular complexity index is 319. The molecule has 1 aromatic heterocycles. The number of rotatable bonds is 4. The van der Waals surface area contributed by atoms with Crippen molar-refractivity contribution < 1.29 is 4.79 Å². The van der Waals surface area contributed by atoms with Crippen LogP contribution in [0.15, 0.2) is 23.0 Å². The molecule has 0 aliphatic carbocycles. The molecule has 0 radical (unpaired) electrons. The van der Waals surface area contributed by atoms with Crippen LogP contribution in [-0.4, -0.2) is 28.9 Å². The summed E-state index contributed by atoms with van der Waals surface area (Å²) in [7, 11) is 0. The number of amides is 1. The highest BCUT2D eigenvalue weighted by Crippen LogP contribution is 2.06. The van der Waals surface area contributed by atoms with Gasteiger partial charge in [0.15, 0.2) is 0 Å². The Morgan fingerprint density at radius 2 is 2.43 bits per heavy atom. The maximum absolute atomic E-state index is 11.8. The Balaban J connectivity index is 2.70. The SMILES string of the molecule is C=C(C)CN(CC)C(=O)c1cscn1. The van der Waals surface area contributed by atoms with E-state index in [9.17, 15) is 4.79 Å². The number of thiazole rings is 1. The van der Waals surface area contributed by atoms with Gasteiger partial charge in [0.05, 0.1) is 5.51 Å². The molecule has 0 saturated heterocycles. The maximum atomic E-state index is 11.8. The fraction of sp³-hybridized carbons (Fsp3) is 0.400. The van der Waals surface area contributed by atoms with Gasteiger partial charge in [0.2, 0.25) is 0 Å². The van der Waals surface area contributed by atoms with Crippen LogP contribution < -0.4 is 0 Å². The zero-order valence-electron chi connectivity index (χ0n) is 8.49. The van der Waals surface area contributed by atoms with Crippen LogP contribution >= 0.6 is 11.3 Å². The number of carbonyl (C=O) groups is 1. The Hall–Kier alpha value is -1.16. The Morgan fingerprint density at radius 1 is 1.71 bits per heavy atom. The van der Waals surface area contributed by atoms with E-state index in [1.165, 1.54) is 11.3 Å². The van der Waals surface area contributed by atoms with Gasteiger partial charge in [-0.2, -0.15) is 0 Å². The van der Waals surface area contributed by atoms with Gasteiger partial charge in [0, 0.05) is 18.5 Å². The van der Waals surface area contributed by atoms with Gasteiger partial charge in [0.1, 0.15) is 5.69 Å². The molecule has 0 saturated carbocycles. The van der Waals surface area contributed by atoms with E-state index in [-0.39, 0.29) is 5.91 Å². The first kappa shape index (κ1) is 10.9. The molecular formula is C10H14N2OS. The van der Waals surface area contributed by atoms with E-state index in [1.807, 2.05) is 13.8 Å². The van der Waals surface area contributed by atoms with Crippen molar-refractivity contribution in [2.24, 2.45) is 0 Å². The van der Waals surface area contributed by atoms with Crippen molar-refractivity contribution in [1.29, 1.82) is 0 Å². The van der Waals surface area contributed by atoms with Crippen molar-refractivity contribution in [2.45, 2.75) is 13.8 Å². The standard InChI is InChI=1S/C10H14N2OS/c1-4-12(5-8(2)3)10(13)9-6-14-7-11-9/h6-7H,2,4-5H2,1,3H3. The van der Waals surface area contributed by atoms with Crippen molar-refractivity contribution in [1.82, 2.24) is 9.88 Å². The highest BCUT2D eigenvalue weighted by Gasteiger charge is 2.15. The lowest BCUT2D eigenvalue weighted by molar-refractivity contribution is 0.0773. The van der Waals surface area contributed by atoms with Crippen molar-refractivity contribution in [3.63, 3.8) is 0 Å². The normalized spacial score (nSPS) is 9.86. The summed E-state index contributed by atoms with van der Waals surface area (Å²) in [6.07, 6.45) is 0. The van der Waals surface area contributed by atoms with Crippen LogP contribution in [-0.2, 0) is 0 Å². The molecule has 1 amide bonds. The molecule has 1 rings (SSSR count). The Kier molecular flexibility index (Phi) is 3.83. The zero-order chi connectivity index (χ0) is 10.6. The lowest BCUT2D eigenvalue weighted by atomic mass is 10.3. The summed E-state index contributed by atoms with van der Waals surface area (Å²) < 4.78 is 0. The van der Waals surface area contributed by atoms with Gasteiger partial charge < -0.3 is 4.90 Å². The van der Waals surface area contributed by atoms with E-state index in [0.717, 1.165) is 5.57 Å². The molecule has 0 aromatic carbocycles. The second kappa shape index (κ2) is 4.91. The van der Waals surface area contributed by atoms with E-state index in [4.69, 9.17) is 0 Å². The molecule has 0 aliphatic rings. The minimum Gasteiger partial charge on any atom is -0.334 e. The first-order chi connectivity index (χ1) is 6.65. The summed E-state index contributed by atoms with van der Waals surface area (Å²) in [6.45, 7) is 8.95. The van der Waals surface area contributed by atoms with Gasteiger partial charge in [-0.25, -0.2) is 4.98 Å². The summed E-state index contributed by atoms with van der Waals surface area (Å²) in [5.41, 5.74) is 3.18. The zero-order valence-corrected chi connectivity index (χ0v) is 9.30. The fourth-order valence-corrected chi connectivity index (χ4v) is 1.66. The summed E-state index contributed by atoms with van der Waals surface area (Å²) in [5.74, 6) is -0.0169. The summed E-state index contributed by atoms with van der Waals surface area (Å²) in [5, 5.41) is 1.77. The summed E-state index contributed by atoms with van der Waals surface area (Å²) in [4.78, 5) is 17.5. The second-order valence-electron chi connectivity index (χ2n) is 3.15. The van der Waals surface area contributed by atoms with Gasteiger partial charge >= 0.3 is 0 Å². The van der Waals surface area contributed by atoms with Gasteiger partial charge in [-0.3, -0.25) is 4.79 Å². The first-order valence-electron chi connectivity index (χ1n) is 4.47. The van der Waals surface area contributed by atoms with Crippen LogP contribution in [0.5, 0.6) is 0 Å². The Labute approximate surface area is 88.1 Å². The van der Waals surface area contributed by atoms with Gasteiger partial charge in [-0.1, -0.05) is 12.2 Å². The molecule has 0 spiro atoms. The Morgan fingerprint density at radius 3 is 2.86 bits per heavy atom. The first-order valence-corrected chi connectivity index (χ1v) is 5.41. The molecule has 76 valence electrons. The van der Waals surface area contributed by atoms with Crippen LogP contribution in [0.2, 0.25) is 0 Å². The van der Waals surface area contributed by atoms with E-state index < -0.39 is 0 Å². The summed E-state index contributed by atoms with van der Waals surface area (Å²) >= 11 is 1.43. The van der Waals surface area contributed by atoms with Crippen molar-refractivity contribution in [3.8, 4) is 0 Å². The molecule has 0 fully saturated rings. The van der Waals surface area contributed by atoms with Gasteiger partial charge in [-0.15, -0.1) is 11.3 Å². The third-order valence-corrected chi connectivity index (χ3v) is 2.37. The average Bonchev–Trinajstić information content (AvgIpc) is 2.65. The predicted molar refractivity (Wildman–Crippen MR) is 58.5 cm³/mol. The largest absolute Gasteiger partial charge is 0.334 e. The molecule has 4 heteroatoms. The molecule has 0 unspecified atom stereocenters. The van der Waals surface area contributed by atoms with Crippen LogP contribution in [0, 0.1) is 0 Å². The highest BCUT2D eigenvalue weighted by molar-refractivity contribution is 7.07. The highest BCUT2D eigenvalue weighted by atomic mass is 32.1. The molecule has 3 nitrogen and oxygen atoms in total. The van der Waals surface area contributed by atoms with E-state index >= 15 is 0 Å². The number of hydrogen-bond donors (Lipinski definition) is 0. The van der Waals surface area contributed by atoms with Crippen molar-refractivity contribution >= 4 is 17.2 Å². The average molecular weight is 210 g/mol. The molecule has 0 N–H and O–H groups in total. The fourth-order valence-electron chi connectivity index (χ4n) is 1.13. The monoisotopic (exact) mass is 210 g/mol. The molecule has 0 atom stereocenters. The van der Waals surface area contributed by atoms with Crippen LogP contribution in [0.1, 0.15) is 24.3 Å². The van der Waals surface area contributed by atoms with E-state index in [1.54, 1.807) is 15.8 Å². The topological polar surface area (TPSA) is 33.2 Å². The smallest absolute Gasteiger partial charge is 0.273 e. The molecule has 14 heavy (non-hydrogen) atoms. The predicted octanol–water partition coefficient (Wildman–Crippen LogP) is 2.18. The number of likely N-dealkylation sites (N-methyl/N-ethyl adjacent to an activating group) is 1. The third kappa shape index (κ3) is 2.67. The van der Waals surface area contributed by atoms with Crippen molar-refractivity contribution in [2.75, 3.05) is 13.1 Å². The second-order valence-corrected chi connectivity index (χ2v) is 3.87. The van der Waals surface area contributed by atoms with Crippen LogP contribution in [0.4, 0.5) is 0 Å². The minimum atomic E-state index is -0.0169. The molecular weight excluding hydrogens is 196 g/mol. The number of carbonyl (C=O) groups excluding carboxylic acids is 1. The molecule has 1 heterocycles. The lowest BCUT2D eigenvalue weighted by Crippen LogP contribution is -2.32. The quantitative estimate of drug-likeness (QED) is 0.714. The molecule has 0 aliphatic heterocycles. The van der Waals surface area contributed by atoms with E-state index in [2.05, 4.69) is 11.6 Å². The number of nitrogens with zero attached hydrogens (tertiary/aromatic N) is 2. The minimum absolute atomic E-state index is 0.0169. The number of hydrogen-bond acceptors (Lipinski definition) is 3. The summed E-state index contributed by atoms with van der Waals surface area (Å²) in [6, 6.07) is 0. The maximum Gasteiger partial charge on any atom is 0.273 e. The molecule has 1 aromatic rings. The van der Waals surface area contributed by atoms with Crippen LogP contribution in [0.3, 0.4) is 0 Å². The van der Waals surface area contributed by atoms with E-state index in [0.29, 0.717) is 18.8 Å².